The van der Waals surface area contributed by atoms with E-state index in [2.05, 4.69) is 20.9 Å². The third kappa shape index (κ3) is 8.14. The van der Waals surface area contributed by atoms with Gasteiger partial charge < -0.3 is 19.9 Å². The predicted molar refractivity (Wildman–Crippen MR) is 92.9 cm³/mol. The van der Waals surface area contributed by atoms with Crippen molar-refractivity contribution in [3.05, 3.63) is 28.2 Å². The number of nitrogens with zero attached hydrogens (tertiary/aromatic N) is 1. The molecule has 2 N–H and O–H groups in total. The first-order valence-corrected chi connectivity index (χ1v) is 8.17. The quantitative estimate of drug-likeness (QED) is 0.440. The van der Waals surface area contributed by atoms with E-state index in [-0.39, 0.29) is 12.6 Å². The summed E-state index contributed by atoms with van der Waals surface area (Å²) in [7, 11) is 0. The number of alkyl halides is 1. The third-order valence-electron chi connectivity index (χ3n) is 2.51. The Morgan fingerprint density at radius 3 is 2.67 bits per heavy atom. The van der Waals surface area contributed by atoms with Gasteiger partial charge in [-0.15, -0.1) is 4.99 Å². The number of benzene rings is 1. The summed E-state index contributed by atoms with van der Waals surface area (Å²) in [5.41, 5.74) is 5.69. The van der Waals surface area contributed by atoms with Crippen molar-refractivity contribution in [1.29, 1.82) is 0 Å². The fourth-order valence-corrected chi connectivity index (χ4v) is 2.09. The van der Waals surface area contributed by atoms with Gasteiger partial charge in [-0.1, -0.05) is 6.07 Å². The van der Waals surface area contributed by atoms with Crippen LogP contribution < -0.4 is 10.5 Å². The number of amidine groups is 1. The van der Waals surface area contributed by atoms with Gasteiger partial charge in [0, 0.05) is 6.42 Å². The van der Waals surface area contributed by atoms with Crippen LogP contribution in [-0.4, -0.2) is 31.0 Å². The van der Waals surface area contributed by atoms with E-state index in [1.54, 1.807) is 39.0 Å². The average molecular weight is 405 g/mol. The monoisotopic (exact) mass is 404 g/mol. The van der Waals surface area contributed by atoms with Crippen molar-refractivity contribution in [2.24, 2.45) is 10.7 Å². The topological polar surface area (TPSA) is 83.1 Å². The molecule has 0 bridgehead atoms. The number of carbonyl (C=O) groups is 1. The summed E-state index contributed by atoms with van der Waals surface area (Å²) in [4.78, 5) is 15.0. The molecule has 0 radical (unpaired) electrons. The Kier molecular flexibility index (Phi) is 7.97. The summed E-state index contributed by atoms with van der Waals surface area (Å²) in [6, 6.07) is 5.02. The van der Waals surface area contributed by atoms with Crippen LogP contribution >= 0.6 is 15.9 Å². The number of nitrogens with two attached hydrogens (primary N) is 1. The van der Waals surface area contributed by atoms with Gasteiger partial charge in [0.05, 0.1) is 17.8 Å². The molecule has 0 aliphatic rings. The number of carbonyl (C=O) groups excluding carboxylic acids is 1. The Labute approximate surface area is 149 Å². The molecular weight excluding hydrogens is 383 g/mol. The molecule has 0 aromatic heterocycles. The normalized spacial score (nSPS) is 12.0. The minimum atomic E-state index is -0.808. The zero-order valence-electron chi connectivity index (χ0n) is 14.0. The molecule has 24 heavy (non-hydrogen) atoms. The summed E-state index contributed by atoms with van der Waals surface area (Å²) in [6.07, 6.45) is -0.465. The van der Waals surface area contributed by atoms with Crippen molar-refractivity contribution in [2.75, 3.05) is 13.3 Å². The van der Waals surface area contributed by atoms with Crippen LogP contribution in [-0.2, 0) is 16.1 Å². The number of halogens is 2. The summed E-state index contributed by atoms with van der Waals surface area (Å²) in [5, 5.41) is 0. The number of rotatable bonds is 6. The Hall–Kier alpha value is -1.83. The van der Waals surface area contributed by atoms with Gasteiger partial charge in [0.15, 0.2) is 0 Å². The van der Waals surface area contributed by atoms with Gasteiger partial charge in [0.1, 0.15) is 18.0 Å². The maximum Gasteiger partial charge on any atom is 0.438 e. The SMILES string of the molecule is CC(C)(C)OC(=O)/N=C(\N)OCc1ccc(OCCCF)c(Br)c1. The van der Waals surface area contributed by atoms with Gasteiger partial charge in [0.2, 0.25) is 0 Å². The van der Waals surface area contributed by atoms with E-state index in [0.29, 0.717) is 23.2 Å². The Morgan fingerprint density at radius 1 is 1.38 bits per heavy atom. The van der Waals surface area contributed by atoms with Gasteiger partial charge in [0.25, 0.3) is 6.02 Å². The second-order valence-electron chi connectivity index (χ2n) is 5.87. The van der Waals surface area contributed by atoms with Gasteiger partial charge in [-0.3, -0.25) is 4.39 Å². The third-order valence-corrected chi connectivity index (χ3v) is 3.13. The maximum atomic E-state index is 12.1. The summed E-state index contributed by atoms with van der Waals surface area (Å²) < 4.78 is 28.4. The van der Waals surface area contributed by atoms with E-state index >= 15 is 0 Å². The molecule has 0 aliphatic carbocycles. The van der Waals surface area contributed by atoms with Crippen molar-refractivity contribution >= 4 is 28.0 Å². The van der Waals surface area contributed by atoms with Crippen LogP contribution in [0.15, 0.2) is 27.7 Å². The van der Waals surface area contributed by atoms with Gasteiger partial charge in [-0.05, 0) is 54.4 Å². The fraction of sp³-hybridized carbons (Fsp3) is 0.500. The van der Waals surface area contributed by atoms with Crippen LogP contribution in [0.5, 0.6) is 5.75 Å². The number of hydrogen-bond donors (Lipinski definition) is 1. The first-order chi connectivity index (χ1) is 11.2. The largest absolute Gasteiger partial charge is 0.492 e. The van der Waals surface area contributed by atoms with Crippen molar-refractivity contribution in [1.82, 2.24) is 0 Å². The highest BCUT2D eigenvalue weighted by molar-refractivity contribution is 9.10. The molecule has 0 saturated carbocycles. The molecule has 8 heteroatoms. The lowest BCUT2D eigenvalue weighted by Gasteiger charge is -2.17. The molecule has 0 heterocycles. The van der Waals surface area contributed by atoms with Crippen molar-refractivity contribution in [3.8, 4) is 5.75 Å². The van der Waals surface area contributed by atoms with E-state index in [1.807, 2.05) is 0 Å². The second-order valence-corrected chi connectivity index (χ2v) is 6.73. The highest BCUT2D eigenvalue weighted by atomic mass is 79.9. The molecule has 134 valence electrons. The summed E-state index contributed by atoms with van der Waals surface area (Å²) >= 11 is 3.37. The Bertz CT molecular complexity index is 588. The zero-order valence-corrected chi connectivity index (χ0v) is 15.6. The first kappa shape index (κ1) is 20.2. The molecule has 6 nitrogen and oxygen atoms in total. The Morgan fingerprint density at radius 2 is 2.08 bits per heavy atom. The smallest absolute Gasteiger partial charge is 0.438 e. The van der Waals surface area contributed by atoms with Crippen LogP contribution in [0.25, 0.3) is 0 Å². The molecule has 1 amide bonds. The van der Waals surface area contributed by atoms with Crippen LogP contribution in [0.4, 0.5) is 9.18 Å². The average Bonchev–Trinajstić information content (AvgIpc) is 2.45. The van der Waals surface area contributed by atoms with Crippen LogP contribution in [0.1, 0.15) is 32.8 Å². The molecule has 0 spiro atoms. The first-order valence-electron chi connectivity index (χ1n) is 7.38. The van der Waals surface area contributed by atoms with Gasteiger partial charge in [-0.2, -0.15) is 0 Å². The lowest BCUT2D eigenvalue weighted by molar-refractivity contribution is 0.0598. The molecular formula is C16H22BrFN2O4. The van der Waals surface area contributed by atoms with E-state index in [9.17, 15) is 9.18 Å². The molecule has 0 atom stereocenters. The standard InChI is InChI=1S/C16H22BrFN2O4/c1-16(2,3)24-15(21)20-14(19)23-10-11-5-6-13(12(17)9-11)22-8-4-7-18/h5-6,9H,4,7-8,10H2,1-3H3,(H2,19,20,21). The van der Waals surface area contributed by atoms with E-state index in [0.717, 1.165) is 5.56 Å². The minimum absolute atomic E-state index is 0.126. The molecule has 0 saturated heterocycles. The zero-order chi connectivity index (χ0) is 18.2. The highest BCUT2D eigenvalue weighted by Gasteiger charge is 2.16. The second kappa shape index (κ2) is 9.46. The lowest BCUT2D eigenvalue weighted by atomic mass is 10.2. The highest BCUT2D eigenvalue weighted by Crippen LogP contribution is 2.26. The fourth-order valence-electron chi connectivity index (χ4n) is 1.55. The van der Waals surface area contributed by atoms with Gasteiger partial charge >= 0.3 is 6.09 Å². The molecule has 1 aromatic rings. The number of aliphatic imine (C=N–C) groups is 1. The van der Waals surface area contributed by atoms with Crippen LogP contribution in [0.3, 0.4) is 0 Å². The molecule has 0 fully saturated rings. The van der Waals surface area contributed by atoms with E-state index in [1.165, 1.54) is 0 Å². The molecule has 0 unspecified atom stereocenters. The lowest BCUT2D eigenvalue weighted by Crippen LogP contribution is -2.25. The van der Waals surface area contributed by atoms with Gasteiger partial charge in [-0.25, -0.2) is 4.79 Å². The van der Waals surface area contributed by atoms with Crippen molar-refractivity contribution in [3.63, 3.8) is 0 Å². The maximum absolute atomic E-state index is 12.1. The minimum Gasteiger partial charge on any atom is -0.492 e. The summed E-state index contributed by atoms with van der Waals surface area (Å²) in [5.74, 6) is 0.614. The molecule has 1 aromatic carbocycles. The van der Waals surface area contributed by atoms with Crippen molar-refractivity contribution < 1.29 is 23.4 Å². The number of amides is 1. The van der Waals surface area contributed by atoms with E-state index in [4.69, 9.17) is 19.9 Å². The summed E-state index contributed by atoms with van der Waals surface area (Å²) in [6.45, 7) is 5.20. The number of hydrogen-bond acceptors (Lipinski definition) is 4. The molecule has 0 aliphatic heterocycles. The number of ether oxygens (including phenoxy) is 3. The van der Waals surface area contributed by atoms with Crippen molar-refractivity contribution in [2.45, 2.75) is 39.4 Å². The van der Waals surface area contributed by atoms with E-state index < -0.39 is 18.4 Å². The predicted octanol–water partition coefficient (Wildman–Crippen LogP) is 3.95. The van der Waals surface area contributed by atoms with Crippen LogP contribution in [0, 0.1) is 0 Å². The van der Waals surface area contributed by atoms with Crippen LogP contribution in [0.2, 0.25) is 0 Å². The molecule has 1 rings (SSSR count). The Balaban J connectivity index is 2.55.